The molecule has 1 aromatic heterocycles. The third kappa shape index (κ3) is 2.24. The van der Waals surface area contributed by atoms with Gasteiger partial charge >= 0.3 is 0 Å². The Kier molecular flexibility index (Phi) is 3.66. The van der Waals surface area contributed by atoms with Crippen LogP contribution >= 0.6 is 0 Å². The van der Waals surface area contributed by atoms with Crippen molar-refractivity contribution in [2.75, 3.05) is 0 Å². The van der Waals surface area contributed by atoms with E-state index >= 15 is 0 Å². The van der Waals surface area contributed by atoms with Gasteiger partial charge in [0.15, 0.2) is 0 Å². The molecule has 9 heavy (non-hydrogen) atoms. The van der Waals surface area contributed by atoms with Crippen molar-refractivity contribution in [3.63, 3.8) is 0 Å². The van der Waals surface area contributed by atoms with Gasteiger partial charge in [-0.05, 0) is 0 Å². The summed E-state index contributed by atoms with van der Waals surface area (Å²) in [7, 11) is 1.76. The van der Waals surface area contributed by atoms with Gasteiger partial charge in [0.2, 0.25) is 0 Å². The predicted molar refractivity (Wildman–Crippen MR) is 26.9 cm³/mol. The number of nitrogens with zero attached hydrogens (tertiary/aromatic N) is 3. The Morgan fingerprint density at radius 2 is 2.44 bits per heavy atom. The first kappa shape index (κ1) is 8.79. The van der Waals surface area contributed by atoms with Gasteiger partial charge in [-0.3, -0.25) is 4.68 Å². The molecule has 0 amide bonds. The van der Waals surface area contributed by atoms with E-state index in [0.29, 0.717) is 5.69 Å². The maximum atomic E-state index is 8.44. The quantitative estimate of drug-likeness (QED) is 0.746. The van der Waals surface area contributed by atoms with Gasteiger partial charge in [0.25, 0.3) is 0 Å². The molecule has 1 heterocycles. The molecule has 0 saturated carbocycles. The molecule has 0 atom stereocenters. The minimum absolute atomic E-state index is 0. The number of aliphatic hydroxyl groups excluding tert-OH is 1. The zero-order valence-corrected chi connectivity index (χ0v) is 7.91. The van der Waals surface area contributed by atoms with Crippen molar-refractivity contribution in [1.29, 1.82) is 0 Å². The van der Waals surface area contributed by atoms with Gasteiger partial charge in [-0.25, -0.2) is 0 Å². The van der Waals surface area contributed by atoms with Gasteiger partial charge in [-0.1, -0.05) is 5.21 Å². The molecule has 1 rings (SSSR count). The minimum Gasteiger partial charge on any atom is -0.390 e. The molecule has 5 heteroatoms. The molecule has 4 nitrogen and oxygen atoms in total. The molecule has 1 N–H and O–H groups in total. The second-order valence-electron chi connectivity index (χ2n) is 1.54. The average molecular weight is 297 g/mol. The van der Waals surface area contributed by atoms with Crippen molar-refractivity contribution in [1.82, 2.24) is 15.0 Å². The summed E-state index contributed by atoms with van der Waals surface area (Å²) >= 11 is 0. The molecule has 0 aliphatic rings. The number of aromatic nitrogens is 3. The molecular weight excluding hydrogens is 290 g/mol. The number of aliphatic hydroxyl groups is 1. The van der Waals surface area contributed by atoms with Crippen molar-refractivity contribution in [3.8, 4) is 0 Å². The Hall–Kier alpha value is -0.212. The van der Waals surface area contributed by atoms with Crippen LogP contribution in [-0.4, -0.2) is 20.1 Å². The smallest absolute Gasteiger partial charge is 0.108 e. The van der Waals surface area contributed by atoms with Crippen LogP contribution < -0.4 is 0 Å². The second-order valence-corrected chi connectivity index (χ2v) is 1.54. The normalized spacial score (nSPS) is 8.67. The summed E-state index contributed by atoms with van der Waals surface area (Å²) in [5.74, 6) is 0. The van der Waals surface area contributed by atoms with Crippen molar-refractivity contribution in [2.24, 2.45) is 7.05 Å². The number of hydrogen-bond acceptors (Lipinski definition) is 3. The molecule has 0 radical (unpaired) electrons. The molecular formula is C4H7N3OW. The predicted octanol–water partition coefficient (Wildman–Crippen LogP) is -0.695. The van der Waals surface area contributed by atoms with E-state index in [9.17, 15) is 0 Å². The summed E-state index contributed by atoms with van der Waals surface area (Å²) in [5.41, 5.74) is 0.604. The van der Waals surface area contributed by atoms with E-state index in [4.69, 9.17) is 5.11 Å². The summed E-state index contributed by atoms with van der Waals surface area (Å²) in [6, 6.07) is 0. The van der Waals surface area contributed by atoms with Crippen molar-refractivity contribution < 1.29 is 26.2 Å². The maximum absolute atomic E-state index is 8.44. The molecule has 0 unspecified atom stereocenters. The van der Waals surface area contributed by atoms with Gasteiger partial charge in [0.1, 0.15) is 5.69 Å². The van der Waals surface area contributed by atoms with Crippen LogP contribution in [0.15, 0.2) is 6.20 Å². The zero-order chi connectivity index (χ0) is 5.98. The van der Waals surface area contributed by atoms with E-state index in [2.05, 4.69) is 10.3 Å². The summed E-state index contributed by atoms with van der Waals surface area (Å²) < 4.78 is 1.55. The summed E-state index contributed by atoms with van der Waals surface area (Å²) in [6.45, 7) is -0.0339. The average Bonchev–Trinajstić information content (AvgIpc) is 2.14. The standard InChI is InChI=1S/C4H7N3O.W/c1-7-2-4(3-8)5-6-7;/h2,8H,3H2,1H3;. The molecule has 0 bridgehead atoms. The molecule has 0 fully saturated rings. The van der Waals surface area contributed by atoms with E-state index in [1.54, 1.807) is 17.9 Å². The van der Waals surface area contributed by atoms with Gasteiger partial charge in [-0.15, -0.1) is 5.10 Å². The summed E-state index contributed by atoms with van der Waals surface area (Å²) in [4.78, 5) is 0. The van der Waals surface area contributed by atoms with Gasteiger partial charge in [-0.2, -0.15) is 0 Å². The Balaban J connectivity index is 0.000000640. The van der Waals surface area contributed by atoms with Crippen LogP contribution in [0.4, 0.5) is 0 Å². The van der Waals surface area contributed by atoms with Crippen LogP contribution in [0, 0.1) is 0 Å². The first-order chi connectivity index (χ1) is 3.83. The molecule has 0 aliphatic heterocycles. The monoisotopic (exact) mass is 297 g/mol. The molecule has 50 valence electrons. The van der Waals surface area contributed by atoms with Crippen LogP contribution in [0.2, 0.25) is 0 Å². The first-order valence-corrected chi connectivity index (χ1v) is 2.29. The maximum Gasteiger partial charge on any atom is 0.108 e. The van der Waals surface area contributed by atoms with Crippen molar-refractivity contribution in [2.45, 2.75) is 6.61 Å². The van der Waals surface area contributed by atoms with Crippen LogP contribution in [0.1, 0.15) is 5.69 Å². The van der Waals surface area contributed by atoms with Crippen LogP contribution in [-0.2, 0) is 34.7 Å². The fraction of sp³-hybridized carbons (Fsp3) is 0.500. The molecule has 0 saturated heterocycles. The van der Waals surface area contributed by atoms with Crippen LogP contribution in [0.3, 0.4) is 0 Å². The van der Waals surface area contributed by atoms with E-state index in [-0.39, 0.29) is 27.7 Å². The van der Waals surface area contributed by atoms with Crippen molar-refractivity contribution >= 4 is 0 Å². The van der Waals surface area contributed by atoms with Gasteiger partial charge in [0.05, 0.1) is 12.8 Å². The molecule has 0 aromatic carbocycles. The largest absolute Gasteiger partial charge is 0.390 e. The summed E-state index contributed by atoms with van der Waals surface area (Å²) in [5, 5.41) is 15.6. The number of rotatable bonds is 1. The minimum atomic E-state index is -0.0339. The van der Waals surface area contributed by atoms with Gasteiger partial charge in [0, 0.05) is 28.1 Å². The fourth-order valence-corrected chi connectivity index (χ4v) is 0.468. The van der Waals surface area contributed by atoms with E-state index in [1.807, 2.05) is 0 Å². The number of hydrogen-bond donors (Lipinski definition) is 1. The SMILES string of the molecule is Cn1cc(CO)nn1.[W]. The zero-order valence-electron chi connectivity index (χ0n) is 4.98. The molecule has 0 spiro atoms. The van der Waals surface area contributed by atoms with E-state index in [0.717, 1.165) is 0 Å². The Labute approximate surface area is 67.1 Å². The Bertz CT molecular complexity index is 176. The third-order valence-electron chi connectivity index (χ3n) is 0.812. The fourth-order valence-electron chi connectivity index (χ4n) is 0.468. The third-order valence-corrected chi connectivity index (χ3v) is 0.812. The van der Waals surface area contributed by atoms with Gasteiger partial charge < -0.3 is 5.11 Å². The van der Waals surface area contributed by atoms with E-state index < -0.39 is 0 Å². The second kappa shape index (κ2) is 3.75. The summed E-state index contributed by atoms with van der Waals surface area (Å²) in [6.07, 6.45) is 1.67. The topological polar surface area (TPSA) is 50.9 Å². The Morgan fingerprint density at radius 3 is 2.67 bits per heavy atom. The van der Waals surface area contributed by atoms with Crippen LogP contribution in [0.25, 0.3) is 0 Å². The van der Waals surface area contributed by atoms with Crippen LogP contribution in [0.5, 0.6) is 0 Å². The van der Waals surface area contributed by atoms with E-state index in [1.165, 1.54) is 0 Å². The number of aryl methyl sites for hydroxylation is 1. The first-order valence-electron chi connectivity index (χ1n) is 2.29. The van der Waals surface area contributed by atoms with Crippen molar-refractivity contribution in [3.05, 3.63) is 11.9 Å². The molecule has 0 aliphatic carbocycles. The molecule has 1 aromatic rings. The Morgan fingerprint density at radius 1 is 1.78 bits per heavy atom.